The van der Waals surface area contributed by atoms with Crippen LogP contribution in [0.4, 0.5) is 11.4 Å². The van der Waals surface area contributed by atoms with Gasteiger partial charge >= 0.3 is 11.8 Å². The SMILES string of the molecule is Cc1ccc(NC(=O)c2ccccc2NC(=O)C(=O)NN=Cc2cccc(Br)c2)cc1. The molecule has 156 valence electrons. The molecule has 0 aromatic heterocycles. The minimum atomic E-state index is -0.958. The second-order valence-corrected chi connectivity index (χ2v) is 7.49. The van der Waals surface area contributed by atoms with Crippen LogP contribution in [0, 0.1) is 6.92 Å². The molecule has 3 aromatic carbocycles. The standard InChI is InChI=1S/C23H19BrN4O3/c1-15-9-11-18(12-10-15)26-21(29)19-7-2-3-8-20(19)27-22(30)23(31)28-25-14-16-5-4-6-17(24)13-16/h2-14H,1H3,(H,26,29)(H,27,30)(H,28,31). The molecule has 3 amide bonds. The first-order chi connectivity index (χ1) is 14.9. The number of hydrazone groups is 1. The van der Waals surface area contributed by atoms with Crippen LogP contribution in [0.2, 0.25) is 0 Å². The summed E-state index contributed by atoms with van der Waals surface area (Å²) in [6.45, 7) is 1.95. The van der Waals surface area contributed by atoms with E-state index in [0.29, 0.717) is 5.69 Å². The lowest BCUT2D eigenvalue weighted by Crippen LogP contribution is -2.33. The van der Waals surface area contributed by atoms with E-state index >= 15 is 0 Å². The third-order valence-corrected chi connectivity index (χ3v) is 4.66. The van der Waals surface area contributed by atoms with E-state index in [1.165, 1.54) is 6.21 Å². The van der Waals surface area contributed by atoms with E-state index in [1.54, 1.807) is 48.5 Å². The van der Waals surface area contributed by atoms with E-state index in [-0.39, 0.29) is 11.3 Å². The molecule has 8 heteroatoms. The summed E-state index contributed by atoms with van der Waals surface area (Å²) < 4.78 is 0.862. The van der Waals surface area contributed by atoms with E-state index in [2.05, 4.69) is 37.1 Å². The molecule has 0 heterocycles. The van der Waals surface area contributed by atoms with E-state index in [9.17, 15) is 14.4 Å². The van der Waals surface area contributed by atoms with Crippen molar-refractivity contribution in [2.75, 3.05) is 10.6 Å². The Kier molecular flexibility index (Phi) is 7.29. The molecule has 3 aromatic rings. The Bertz CT molecular complexity index is 1140. The zero-order valence-electron chi connectivity index (χ0n) is 16.6. The fourth-order valence-corrected chi connectivity index (χ4v) is 3.02. The van der Waals surface area contributed by atoms with Crippen molar-refractivity contribution in [3.05, 3.63) is 94.0 Å². The number of aryl methyl sites for hydroxylation is 1. The molecule has 0 unspecified atom stereocenters. The summed E-state index contributed by atoms with van der Waals surface area (Å²) in [6, 6.07) is 21.0. The Morgan fingerprint density at radius 1 is 0.871 bits per heavy atom. The number of rotatable bonds is 5. The van der Waals surface area contributed by atoms with Crippen LogP contribution in [0.5, 0.6) is 0 Å². The van der Waals surface area contributed by atoms with Crippen molar-refractivity contribution in [1.82, 2.24) is 5.43 Å². The van der Waals surface area contributed by atoms with Gasteiger partial charge in [0.1, 0.15) is 0 Å². The molecule has 7 nitrogen and oxygen atoms in total. The van der Waals surface area contributed by atoms with Gasteiger partial charge in [0.15, 0.2) is 0 Å². The van der Waals surface area contributed by atoms with Gasteiger partial charge in [-0.2, -0.15) is 5.10 Å². The van der Waals surface area contributed by atoms with Crippen LogP contribution in [-0.2, 0) is 9.59 Å². The number of carbonyl (C=O) groups is 3. The Hall–Kier alpha value is -3.78. The zero-order valence-corrected chi connectivity index (χ0v) is 18.1. The highest BCUT2D eigenvalue weighted by Gasteiger charge is 2.17. The van der Waals surface area contributed by atoms with Crippen molar-refractivity contribution < 1.29 is 14.4 Å². The summed E-state index contributed by atoms with van der Waals surface area (Å²) in [5.41, 5.74) is 5.04. The molecule has 0 atom stereocenters. The Labute approximate surface area is 187 Å². The summed E-state index contributed by atoms with van der Waals surface area (Å²) in [4.78, 5) is 36.9. The van der Waals surface area contributed by atoms with Gasteiger partial charge in [-0.1, -0.05) is 57.9 Å². The molecule has 31 heavy (non-hydrogen) atoms. The van der Waals surface area contributed by atoms with Gasteiger partial charge in [0, 0.05) is 10.2 Å². The lowest BCUT2D eigenvalue weighted by atomic mass is 10.1. The molecule has 3 rings (SSSR count). The zero-order chi connectivity index (χ0) is 22.2. The third kappa shape index (κ3) is 6.35. The molecular formula is C23H19BrN4O3. The van der Waals surface area contributed by atoms with Crippen molar-refractivity contribution in [3.8, 4) is 0 Å². The van der Waals surface area contributed by atoms with Gasteiger partial charge in [-0.15, -0.1) is 0 Å². The first-order valence-corrected chi connectivity index (χ1v) is 10.1. The molecule has 0 aliphatic heterocycles. The smallest absolute Gasteiger partial charge is 0.322 e. The quantitative estimate of drug-likeness (QED) is 0.292. The van der Waals surface area contributed by atoms with Gasteiger partial charge in [-0.05, 0) is 48.9 Å². The second kappa shape index (κ2) is 10.3. The molecular weight excluding hydrogens is 460 g/mol. The van der Waals surface area contributed by atoms with Crippen molar-refractivity contribution >= 4 is 51.2 Å². The van der Waals surface area contributed by atoms with Crippen molar-refractivity contribution in [1.29, 1.82) is 0 Å². The van der Waals surface area contributed by atoms with Crippen molar-refractivity contribution in [3.63, 3.8) is 0 Å². The number of hydrogen-bond donors (Lipinski definition) is 3. The predicted octanol–water partition coefficient (Wildman–Crippen LogP) is 4.10. The fraction of sp³-hybridized carbons (Fsp3) is 0.0435. The highest BCUT2D eigenvalue weighted by molar-refractivity contribution is 9.10. The number of hydrogen-bond acceptors (Lipinski definition) is 4. The van der Waals surface area contributed by atoms with Gasteiger partial charge in [-0.25, -0.2) is 5.43 Å². The first-order valence-electron chi connectivity index (χ1n) is 9.29. The maximum atomic E-state index is 12.6. The average molecular weight is 479 g/mol. The van der Waals surface area contributed by atoms with Gasteiger partial charge < -0.3 is 10.6 Å². The monoisotopic (exact) mass is 478 g/mol. The van der Waals surface area contributed by atoms with Gasteiger partial charge in [0.2, 0.25) is 0 Å². The number of nitrogens with one attached hydrogen (secondary N) is 3. The van der Waals surface area contributed by atoms with Crippen molar-refractivity contribution in [2.45, 2.75) is 6.92 Å². The molecule has 0 aliphatic carbocycles. The number of benzene rings is 3. The summed E-state index contributed by atoms with van der Waals surface area (Å²) in [7, 11) is 0. The van der Waals surface area contributed by atoms with Gasteiger partial charge in [0.25, 0.3) is 5.91 Å². The third-order valence-electron chi connectivity index (χ3n) is 4.16. The Balaban J connectivity index is 1.63. The maximum absolute atomic E-state index is 12.6. The van der Waals surface area contributed by atoms with Gasteiger partial charge in [-0.3, -0.25) is 14.4 Å². The minimum absolute atomic E-state index is 0.211. The van der Waals surface area contributed by atoms with Crippen LogP contribution in [0.1, 0.15) is 21.5 Å². The highest BCUT2D eigenvalue weighted by atomic mass is 79.9. The summed E-state index contributed by atoms with van der Waals surface area (Å²) in [6.07, 6.45) is 1.42. The molecule has 0 radical (unpaired) electrons. The Morgan fingerprint density at radius 2 is 1.61 bits per heavy atom. The molecule has 0 spiro atoms. The summed E-state index contributed by atoms with van der Waals surface area (Å²) in [5, 5.41) is 9.00. The van der Waals surface area contributed by atoms with Crippen molar-refractivity contribution in [2.24, 2.45) is 5.10 Å². The molecule has 0 saturated carbocycles. The van der Waals surface area contributed by atoms with E-state index in [4.69, 9.17) is 0 Å². The van der Waals surface area contributed by atoms with Crippen LogP contribution in [0.15, 0.2) is 82.4 Å². The molecule has 0 bridgehead atoms. The van der Waals surface area contributed by atoms with Crippen LogP contribution >= 0.6 is 15.9 Å². The van der Waals surface area contributed by atoms with E-state index in [0.717, 1.165) is 15.6 Å². The Morgan fingerprint density at radius 3 is 2.35 bits per heavy atom. The van der Waals surface area contributed by atoms with Crippen LogP contribution in [0.3, 0.4) is 0 Å². The fourth-order valence-electron chi connectivity index (χ4n) is 2.61. The molecule has 0 aliphatic rings. The number of halogens is 1. The average Bonchev–Trinajstić information content (AvgIpc) is 2.75. The largest absolute Gasteiger partial charge is 0.329 e. The summed E-state index contributed by atoms with van der Waals surface area (Å²) >= 11 is 3.34. The van der Waals surface area contributed by atoms with Gasteiger partial charge in [0.05, 0.1) is 17.5 Å². The van der Waals surface area contributed by atoms with Crippen LogP contribution in [-0.4, -0.2) is 23.9 Å². The number of carbonyl (C=O) groups excluding carboxylic acids is 3. The first kappa shape index (κ1) is 21.9. The second-order valence-electron chi connectivity index (χ2n) is 6.57. The lowest BCUT2D eigenvalue weighted by molar-refractivity contribution is -0.136. The minimum Gasteiger partial charge on any atom is -0.322 e. The number of para-hydroxylation sites is 1. The van der Waals surface area contributed by atoms with Crippen LogP contribution in [0.25, 0.3) is 0 Å². The summed E-state index contributed by atoms with van der Waals surface area (Å²) in [5.74, 6) is -2.31. The number of anilines is 2. The lowest BCUT2D eigenvalue weighted by Gasteiger charge is -2.11. The molecule has 3 N–H and O–H groups in total. The topological polar surface area (TPSA) is 99.7 Å². The van der Waals surface area contributed by atoms with Crippen LogP contribution < -0.4 is 16.1 Å². The van der Waals surface area contributed by atoms with E-state index < -0.39 is 17.7 Å². The normalized spacial score (nSPS) is 10.5. The molecule has 0 saturated heterocycles. The number of nitrogens with zero attached hydrogens (tertiary/aromatic N) is 1. The maximum Gasteiger partial charge on any atom is 0.329 e. The predicted molar refractivity (Wildman–Crippen MR) is 124 cm³/mol. The number of amides is 3. The molecule has 0 fully saturated rings. The highest BCUT2D eigenvalue weighted by Crippen LogP contribution is 2.18. The van der Waals surface area contributed by atoms with E-state index in [1.807, 2.05) is 31.2 Å².